The van der Waals surface area contributed by atoms with Crippen molar-refractivity contribution >= 4 is 48.0 Å². The number of ether oxygens (including phenoxy) is 1. The third-order valence-electron chi connectivity index (χ3n) is 1.89. The van der Waals surface area contributed by atoms with Gasteiger partial charge in [0.05, 0.1) is 6.61 Å². The van der Waals surface area contributed by atoms with Crippen molar-refractivity contribution in [2.45, 2.75) is 6.92 Å². The van der Waals surface area contributed by atoms with Gasteiger partial charge in [-0.3, -0.25) is 4.79 Å². The summed E-state index contributed by atoms with van der Waals surface area (Å²) in [6.45, 7) is 1.55. The van der Waals surface area contributed by atoms with E-state index in [1.807, 2.05) is 0 Å². The summed E-state index contributed by atoms with van der Waals surface area (Å²) in [7, 11) is 0. The van der Waals surface area contributed by atoms with Crippen LogP contribution in [0.2, 0.25) is 5.02 Å². The molecule has 0 amide bonds. The zero-order chi connectivity index (χ0) is 13.7. The Kier molecular flexibility index (Phi) is 7.46. The third-order valence-corrected chi connectivity index (χ3v) is 2.10. The molecule has 0 aliphatic rings. The maximum absolute atomic E-state index is 13.0. The predicted molar refractivity (Wildman–Crippen MR) is 66.8 cm³/mol. The molecule has 7 heteroatoms. The number of carbonyl (C=O) groups is 2. The molecule has 4 nitrogen and oxygen atoms in total. The second-order valence-corrected chi connectivity index (χ2v) is 3.69. The predicted octanol–water partition coefficient (Wildman–Crippen LogP) is 0.932. The standard InChI is InChI=1S/C12H10ClFO4.Li/c1-2-18-12(17)11(16)6-10(15)7-3-8(13)5-9(14)4-7;/h3-6,15H,2H2,1H3;/p-1. The fourth-order valence-corrected chi connectivity index (χ4v) is 1.38. The molecule has 0 saturated heterocycles. The summed E-state index contributed by atoms with van der Waals surface area (Å²) in [5.41, 5.74) is -0.113. The molecule has 0 N–H and O–H groups in total. The van der Waals surface area contributed by atoms with Crippen LogP contribution >= 0.6 is 11.6 Å². The van der Waals surface area contributed by atoms with E-state index in [9.17, 15) is 19.1 Å². The summed E-state index contributed by atoms with van der Waals surface area (Å²) < 4.78 is 17.4. The van der Waals surface area contributed by atoms with Gasteiger partial charge in [-0.25, -0.2) is 9.18 Å². The van der Waals surface area contributed by atoms with Crippen LogP contribution in [0, 0.1) is 5.82 Å². The molecule has 1 rings (SSSR count). The van der Waals surface area contributed by atoms with Crippen LogP contribution in [0.1, 0.15) is 12.5 Å². The van der Waals surface area contributed by atoms with Gasteiger partial charge in [0.25, 0.3) is 5.78 Å². The number of halogens is 2. The molecule has 0 bridgehead atoms. The van der Waals surface area contributed by atoms with Gasteiger partial charge in [-0.05, 0) is 36.8 Å². The average molecular weight is 279 g/mol. The first kappa shape index (κ1) is 17.7. The van der Waals surface area contributed by atoms with Gasteiger partial charge in [0.2, 0.25) is 0 Å². The van der Waals surface area contributed by atoms with E-state index in [-0.39, 0.29) is 36.1 Å². The monoisotopic (exact) mass is 278 g/mol. The third kappa shape index (κ3) is 5.47. The zero-order valence-corrected chi connectivity index (χ0v) is 11.2. The van der Waals surface area contributed by atoms with Crippen molar-refractivity contribution in [1.29, 1.82) is 0 Å². The van der Waals surface area contributed by atoms with Crippen molar-refractivity contribution in [3.05, 3.63) is 40.7 Å². The normalized spacial score (nSPS) is 10.6. The molecule has 19 heavy (non-hydrogen) atoms. The molecule has 0 fully saturated rings. The van der Waals surface area contributed by atoms with E-state index in [1.165, 1.54) is 13.0 Å². The van der Waals surface area contributed by atoms with Crippen molar-refractivity contribution < 1.29 is 23.8 Å². The minimum absolute atomic E-state index is 0. The summed E-state index contributed by atoms with van der Waals surface area (Å²) in [5, 5.41) is 11.6. The number of hydrogen-bond acceptors (Lipinski definition) is 4. The number of carbonyl (C=O) groups excluding carboxylic acids is 2. The SMILES string of the molecule is CCOC(=O)C(=O)C=C([O-])c1cc(F)cc(Cl)c1.[Li]. The molecule has 0 aliphatic heterocycles. The zero-order valence-electron chi connectivity index (χ0n) is 10.4. The van der Waals surface area contributed by atoms with E-state index in [1.54, 1.807) is 0 Å². The Bertz CT molecular complexity index is 496. The summed E-state index contributed by atoms with van der Waals surface area (Å²) >= 11 is 5.56. The Morgan fingerprint density at radius 1 is 1.42 bits per heavy atom. The van der Waals surface area contributed by atoms with E-state index in [0.29, 0.717) is 6.08 Å². The molecule has 97 valence electrons. The van der Waals surface area contributed by atoms with Crippen LogP contribution < -0.4 is 5.11 Å². The van der Waals surface area contributed by atoms with Gasteiger partial charge in [-0.15, -0.1) is 0 Å². The quantitative estimate of drug-likeness (QED) is 0.270. The number of benzene rings is 1. The molecule has 0 spiro atoms. The summed E-state index contributed by atoms with van der Waals surface area (Å²) in [6, 6.07) is 3.14. The number of esters is 1. The second-order valence-electron chi connectivity index (χ2n) is 3.25. The Balaban J connectivity index is 0.00000324. The molecular formula is C12H9ClFLiO4-. The van der Waals surface area contributed by atoms with E-state index >= 15 is 0 Å². The Morgan fingerprint density at radius 3 is 2.58 bits per heavy atom. The van der Waals surface area contributed by atoms with Crippen LogP contribution in [0.5, 0.6) is 0 Å². The smallest absolute Gasteiger partial charge is 0.378 e. The first-order valence-corrected chi connectivity index (χ1v) is 5.38. The van der Waals surface area contributed by atoms with Crippen molar-refractivity contribution in [2.24, 2.45) is 0 Å². The minimum atomic E-state index is -1.13. The van der Waals surface area contributed by atoms with E-state index in [4.69, 9.17) is 11.6 Å². The van der Waals surface area contributed by atoms with Gasteiger partial charge < -0.3 is 9.84 Å². The molecule has 0 aliphatic carbocycles. The van der Waals surface area contributed by atoms with Gasteiger partial charge in [-0.1, -0.05) is 17.4 Å². The van der Waals surface area contributed by atoms with Crippen LogP contribution in [-0.4, -0.2) is 37.2 Å². The van der Waals surface area contributed by atoms with Crippen molar-refractivity contribution in [1.82, 2.24) is 0 Å². The Morgan fingerprint density at radius 2 is 2.05 bits per heavy atom. The summed E-state index contributed by atoms with van der Waals surface area (Å²) in [6.07, 6.45) is 0.545. The van der Waals surface area contributed by atoms with Gasteiger partial charge in [0, 0.05) is 23.9 Å². The maximum atomic E-state index is 13.0. The average Bonchev–Trinajstić information content (AvgIpc) is 2.27. The van der Waals surface area contributed by atoms with Gasteiger partial charge in [0.15, 0.2) is 0 Å². The molecule has 1 radical (unpaired) electrons. The molecule has 1 aromatic rings. The molecule has 0 heterocycles. The van der Waals surface area contributed by atoms with Gasteiger partial charge >= 0.3 is 5.97 Å². The van der Waals surface area contributed by atoms with E-state index in [0.717, 1.165) is 12.1 Å². The largest absolute Gasteiger partial charge is 0.872 e. The van der Waals surface area contributed by atoms with Crippen molar-refractivity contribution in [2.75, 3.05) is 6.61 Å². The van der Waals surface area contributed by atoms with Crippen molar-refractivity contribution in [3.8, 4) is 0 Å². The molecule has 0 unspecified atom stereocenters. The van der Waals surface area contributed by atoms with Crippen LogP contribution in [0.25, 0.3) is 5.76 Å². The minimum Gasteiger partial charge on any atom is -0.872 e. The number of hydrogen-bond donors (Lipinski definition) is 0. The van der Waals surface area contributed by atoms with Crippen LogP contribution in [0.3, 0.4) is 0 Å². The Labute approximate surface area is 126 Å². The van der Waals surface area contributed by atoms with Crippen LogP contribution in [0.4, 0.5) is 4.39 Å². The van der Waals surface area contributed by atoms with Crippen molar-refractivity contribution in [3.63, 3.8) is 0 Å². The molecule has 0 saturated carbocycles. The van der Waals surface area contributed by atoms with Crippen LogP contribution in [-0.2, 0) is 14.3 Å². The van der Waals surface area contributed by atoms with Gasteiger partial charge in [0.1, 0.15) is 5.82 Å². The second kappa shape index (κ2) is 8.00. The number of rotatable bonds is 4. The van der Waals surface area contributed by atoms with Gasteiger partial charge in [-0.2, -0.15) is 0 Å². The van der Waals surface area contributed by atoms with E-state index in [2.05, 4.69) is 4.74 Å². The summed E-state index contributed by atoms with van der Waals surface area (Å²) in [5.74, 6) is -3.74. The first-order chi connectivity index (χ1) is 8.43. The molecular weight excluding hydrogens is 270 g/mol. The first-order valence-electron chi connectivity index (χ1n) is 5.00. The number of ketones is 1. The molecule has 0 aromatic heterocycles. The maximum Gasteiger partial charge on any atom is 0.378 e. The fourth-order valence-electron chi connectivity index (χ4n) is 1.16. The Hall–Kier alpha value is -1.28. The molecule has 1 aromatic carbocycles. The topological polar surface area (TPSA) is 66.4 Å². The summed E-state index contributed by atoms with van der Waals surface area (Å²) in [4.78, 5) is 22.2. The van der Waals surface area contributed by atoms with Crippen LogP contribution in [0.15, 0.2) is 24.3 Å². The molecule has 0 atom stereocenters. The van der Waals surface area contributed by atoms with E-state index < -0.39 is 23.3 Å². The fraction of sp³-hybridized carbons (Fsp3) is 0.167.